The maximum Gasteiger partial charge on any atom is 0.472 e. The summed E-state index contributed by atoms with van der Waals surface area (Å²) in [5.74, 6) is -0.528. The highest BCUT2D eigenvalue weighted by Crippen LogP contribution is 2.45. The number of rotatable bonds is 87. The number of aliphatic hydroxyl groups is 1. The standard InChI is InChI=1S/C88H172O17P2/c1-7-10-12-14-16-18-20-22-24-26-28-30-32-37-41-45-52-58-64-70-85(90)98-76-83(104-87(92)72-66-60-54-46-42-38-33-31-29-27-25-23-21-19-17-15-13-11-8-2)78-102-106(94,95)100-74-82(89)75-101-107(96,97)103-79-84(77-99-86(91)71-65-59-53-49-48-50-56-62-68-80(4)5)105-88(93)73-67-61-55-47-43-39-35-34-36-40-44-51-57-63-69-81(6)9-3/h80-84,89H,7-79H2,1-6H3,(H,94,95)(H,96,97)/t81?,82-,83-,84-/m1/s1. The number of unbranched alkanes of at least 4 members (excludes halogenated alkanes) is 56. The summed E-state index contributed by atoms with van der Waals surface area (Å²) in [6, 6.07) is 0. The van der Waals surface area contributed by atoms with E-state index in [9.17, 15) is 43.2 Å². The molecule has 0 amide bonds. The smallest absolute Gasteiger partial charge is 0.462 e. The molecular formula is C88H172O17P2. The molecule has 0 aliphatic rings. The van der Waals surface area contributed by atoms with Gasteiger partial charge in [0, 0.05) is 25.7 Å². The molecule has 0 spiro atoms. The van der Waals surface area contributed by atoms with E-state index in [1.54, 1.807) is 0 Å². The third kappa shape index (κ3) is 80.5. The van der Waals surface area contributed by atoms with Crippen LogP contribution in [0.3, 0.4) is 0 Å². The van der Waals surface area contributed by atoms with Crippen molar-refractivity contribution < 1.29 is 80.2 Å². The molecule has 17 nitrogen and oxygen atoms in total. The van der Waals surface area contributed by atoms with Gasteiger partial charge in [-0.15, -0.1) is 0 Å². The van der Waals surface area contributed by atoms with Crippen molar-refractivity contribution in [3.8, 4) is 0 Å². The van der Waals surface area contributed by atoms with Crippen LogP contribution in [0.15, 0.2) is 0 Å². The molecular weight excluding hydrogens is 1390 g/mol. The highest BCUT2D eigenvalue weighted by Gasteiger charge is 2.31. The predicted molar refractivity (Wildman–Crippen MR) is 442 cm³/mol. The Morgan fingerprint density at radius 3 is 0.710 bits per heavy atom. The summed E-state index contributed by atoms with van der Waals surface area (Å²) in [4.78, 5) is 73.3. The lowest BCUT2D eigenvalue weighted by Crippen LogP contribution is -2.30. The SMILES string of the molecule is CCCCCCCCCCCCCCCCCCCCCC(=O)OC[C@H](COP(=O)(O)OC[C@@H](O)COP(=O)(O)OC[C@@H](COC(=O)CCCCCCCCCCC(C)C)OC(=O)CCCCCCCCCCCCCCCCC(C)CC)OC(=O)CCCCCCCCCCCCCCCCCCCCC. The van der Waals surface area contributed by atoms with Crippen LogP contribution in [0.5, 0.6) is 0 Å². The highest BCUT2D eigenvalue weighted by atomic mass is 31.2. The van der Waals surface area contributed by atoms with Crippen LogP contribution in [-0.2, 0) is 65.4 Å². The molecule has 636 valence electrons. The van der Waals surface area contributed by atoms with Crippen molar-refractivity contribution in [2.75, 3.05) is 39.6 Å². The number of aliphatic hydroxyl groups excluding tert-OH is 1. The molecule has 0 radical (unpaired) electrons. The summed E-state index contributed by atoms with van der Waals surface area (Å²) < 4.78 is 69.0. The van der Waals surface area contributed by atoms with Crippen LogP contribution in [0.4, 0.5) is 0 Å². The lowest BCUT2D eigenvalue weighted by atomic mass is 9.99. The zero-order chi connectivity index (χ0) is 78.5. The summed E-state index contributed by atoms with van der Waals surface area (Å²) in [5, 5.41) is 10.7. The maximum atomic E-state index is 13.2. The van der Waals surface area contributed by atoms with E-state index in [1.807, 2.05) is 0 Å². The molecule has 6 atom stereocenters. The number of carbonyl (C=O) groups is 4. The Morgan fingerprint density at radius 1 is 0.271 bits per heavy atom. The number of hydrogen-bond acceptors (Lipinski definition) is 15. The summed E-state index contributed by atoms with van der Waals surface area (Å²) in [6.07, 6.45) is 72.2. The average molecular weight is 1560 g/mol. The number of carbonyl (C=O) groups excluding carboxylic acids is 4. The van der Waals surface area contributed by atoms with Gasteiger partial charge < -0.3 is 33.8 Å². The first-order chi connectivity index (χ1) is 51.9. The van der Waals surface area contributed by atoms with E-state index in [-0.39, 0.29) is 25.7 Å². The second-order valence-electron chi connectivity index (χ2n) is 32.4. The molecule has 0 aromatic carbocycles. The van der Waals surface area contributed by atoms with Crippen molar-refractivity contribution in [1.82, 2.24) is 0 Å². The molecule has 0 rings (SSSR count). The zero-order valence-electron chi connectivity index (χ0n) is 70.5. The largest absolute Gasteiger partial charge is 0.472 e. The Kier molecular flexibility index (Phi) is 77.9. The molecule has 0 aliphatic heterocycles. The zero-order valence-corrected chi connectivity index (χ0v) is 72.2. The van der Waals surface area contributed by atoms with Crippen molar-refractivity contribution >= 4 is 39.5 Å². The number of hydrogen-bond donors (Lipinski definition) is 3. The quantitative estimate of drug-likeness (QED) is 0.0222. The Bertz CT molecular complexity index is 2050. The first-order valence-electron chi connectivity index (χ1n) is 45.5. The van der Waals surface area contributed by atoms with Crippen LogP contribution in [0.1, 0.15) is 472 Å². The highest BCUT2D eigenvalue weighted by molar-refractivity contribution is 7.47. The lowest BCUT2D eigenvalue weighted by molar-refractivity contribution is -0.161. The van der Waals surface area contributed by atoms with Gasteiger partial charge in [0.25, 0.3) is 0 Å². The van der Waals surface area contributed by atoms with Gasteiger partial charge in [0.15, 0.2) is 12.2 Å². The molecule has 0 aromatic heterocycles. The third-order valence-electron chi connectivity index (χ3n) is 21.1. The Labute approximate surface area is 658 Å². The van der Waals surface area contributed by atoms with E-state index >= 15 is 0 Å². The number of ether oxygens (including phenoxy) is 4. The predicted octanol–water partition coefficient (Wildman–Crippen LogP) is 27.0. The number of phosphoric ester groups is 2. The Balaban J connectivity index is 5.24. The summed E-state index contributed by atoms with van der Waals surface area (Å²) in [7, 11) is -9.93. The molecule has 19 heteroatoms. The fourth-order valence-corrected chi connectivity index (χ4v) is 15.3. The van der Waals surface area contributed by atoms with E-state index in [0.717, 1.165) is 102 Å². The van der Waals surface area contributed by atoms with Crippen molar-refractivity contribution in [3.63, 3.8) is 0 Å². The molecule has 0 aromatic rings. The van der Waals surface area contributed by atoms with Crippen molar-refractivity contribution in [2.24, 2.45) is 11.8 Å². The van der Waals surface area contributed by atoms with Gasteiger partial charge in [-0.3, -0.25) is 37.3 Å². The second kappa shape index (κ2) is 79.3. The van der Waals surface area contributed by atoms with Crippen LogP contribution >= 0.6 is 15.6 Å². The first-order valence-corrected chi connectivity index (χ1v) is 48.5. The van der Waals surface area contributed by atoms with Crippen molar-refractivity contribution in [2.45, 2.75) is 490 Å². The fourth-order valence-electron chi connectivity index (χ4n) is 13.7. The minimum Gasteiger partial charge on any atom is -0.462 e. The van der Waals surface area contributed by atoms with Crippen LogP contribution in [0.2, 0.25) is 0 Å². The number of esters is 4. The van der Waals surface area contributed by atoms with Crippen LogP contribution in [0.25, 0.3) is 0 Å². The maximum absolute atomic E-state index is 13.2. The summed E-state index contributed by atoms with van der Waals surface area (Å²) >= 11 is 0. The van der Waals surface area contributed by atoms with Crippen LogP contribution in [0, 0.1) is 11.8 Å². The monoisotopic (exact) mass is 1560 g/mol. The molecule has 0 heterocycles. The Hall–Kier alpha value is -1.94. The molecule has 0 fully saturated rings. The first kappa shape index (κ1) is 105. The van der Waals surface area contributed by atoms with Gasteiger partial charge >= 0.3 is 39.5 Å². The molecule has 3 N–H and O–H groups in total. The fraction of sp³-hybridized carbons (Fsp3) is 0.955. The minimum absolute atomic E-state index is 0.107. The van der Waals surface area contributed by atoms with E-state index < -0.39 is 97.5 Å². The van der Waals surface area contributed by atoms with Gasteiger partial charge in [-0.05, 0) is 37.5 Å². The minimum atomic E-state index is -4.97. The van der Waals surface area contributed by atoms with Gasteiger partial charge in [-0.2, -0.15) is 0 Å². The average Bonchev–Trinajstić information content (AvgIpc) is 0.914. The number of phosphoric acid groups is 2. The van der Waals surface area contributed by atoms with E-state index in [1.165, 1.54) is 289 Å². The van der Waals surface area contributed by atoms with Crippen molar-refractivity contribution in [3.05, 3.63) is 0 Å². The van der Waals surface area contributed by atoms with E-state index in [4.69, 9.17) is 37.0 Å². The Morgan fingerprint density at radius 2 is 0.477 bits per heavy atom. The normalized spacial score (nSPS) is 14.0. The van der Waals surface area contributed by atoms with Gasteiger partial charge in [0.2, 0.25) is 0 Å². The molecule has 0 aliphatic carbocycles. The van der Waals surface area contributed by atoms with Gasteiger partial charge in [-0.1, -0.05) is 420 Å². The summed E-state index contributed by atoms with van der Waals surface area (Å²) in [6.45, 7) is 9.70. The van der Waals surface area contributed by atoms with Gasteiger partial charge in [-0.25, -0.2) is 9.13 Å². The van der Waals surface area contributed by atoms with Gasteiger partial charge in [0.05, 0.1) is 26.4 Å². The van der Waals surface area contributed by atoms with E-state index in [2.05, 4.69) is 41.5 Å². The van der Waals surface area contributed by atoms with E-state index in [0.29, 0.717) is 25.7 Å². The second-order valence-corrected chi connectivity index (χ2v) is 35.3. The topological polar surface area (TPSA) is 237 Å². The van der Waals surface area contributed by atoms with Crippen molar-refractivity contribution in [1.29, 1.82) is 0 Å². The molecule has 107 heavy (non-hydrogen) atoms. The molecule has 0 bridgehead atoms. The van der Waals surface area contributed by atoms with Gasteiger partial charge in [0.1, 0.15) is 19.3 Å². The lowest BCUT2D eigenvalue weighted by Gasteiger charge is -2.21. The third-order valence-corrected chi connectivity index (χ3v) is 23.0. The molecule has 0 saturated carbocycles. The molecule has 0 saturated heterocycles. The molecule has 3 unspecified atom stereocenters. The van der Waals surface area contributed by atoms with Crippen LogP contribution < -0.4 is 0 Å². The van der Waals surface area contributed by atoms with Crippen LogP contribution in [-0.4, -0.2) is 96.7 Å². The summed E-state index contributed by atoms with van der Waals surface area (Å²) in [5.41, 5.74) is 0.